The Morgan fingerprint density at radius 1 is 1.44 bits per heavy atom. The van der Waals surface area contributed by atoms with Crippen molar-refractivity contribution in [3.05, 3.63) is 50.3 Å². The summed E-state index contributed by atoms with van der Waals surface area (Å²) in [5.74, 6) is 0. The van der Waals surface area contributed by atoms with Crippen LogP contribution in [0.4, 0.5) is 16.4 Å². The number of thiophene rings is 1. The van der Waals surface area contributed by atoms with Crippen LogP contribution < -0.4 is 5.32 Å². The molecule has 0 unspecified atom stereocenters. The number of halogens is 1. The van der Waals surface area contributed by atoms with Crippen LogP contribution in [0.5, 0.6) is 0 Å². The summed E-state index contributed by atoms with van der Waals surface area (Å²) in [4.78, 5) is 10.4. The summed E-state index contributed by atoms with van der Waals surface area (Å²) in [6, 6.07) is 7.99. The normalized spacial score (nSPS) is 9.78. The fraction of sp³-hybridized carbons (Fsp3) is 0. The molecule has 1 aromatic carbocycles. The first-order chi connectivity index (χ1) is 8.61. The molecule has 7 heteroatoms. The molecule has 0 saturated carbocycles. The molecule has 0 bridgehead atoms. The van der Waals surface area contributed by atoms with Gasteiger partial charge in [-0.3, -0.25) is 10.1 Å². The lowest BCUT2D eigenvalue weighted by atomic mass is 10.2. The number of nitriles is 1. The van der Waals surface area contributed by atoms with Gasteiger partial charge >= 0.3 is 0 Å². The smallest absolute Gasteiger partial charge is 0.294 e. The van der Waals surface area contributed by atoms with Gasteiger partial charge in [-0.1, -0.05) is 11.6 Å². The van der Waals surface area contributed by atoms with E-state index in [0.29, 0.717) is 21.3 Å². The number of nitrogens with zero attached hydrogens (tertiary/aromatic N) is 2. The summed E-state index contributed by atoms with van der Waals surface area (Å²) >= 11 is 7.02. The maximum atomic E-state index is 10.9. The van der Waals surface area contributed by atoms with E-state index in [-0.39, 0.29) is 5.69 Å². The Balaban J connectivity index is 2.41. The van der Waals surface area contributed by atoms with Crippen molar-refractivity contribution in [1.82, 2.24) is 0 Å². The van der Waals surface area contributed by atoms with Crippen molar-refractivity contribution < 1.29 is 4.92 Å². The lowest BCUT2D eigenvalue weighted by molar-refractivity contribution is -0.383. The molecule has 18 heavy (non-hydrogen) atoms. The molecule has 0 saturated heterocycles. The third-order valence-corrected chi connectivity index (χ3v) is 3.26. The number of hydrogen-bond donors (Lipinski definition) is 1. The fourth-order valence-electron chi connectivity index (χ4n) is 1.38. The van der Waals surface area contributed by atoms with Gasteiger partial charge in [0.05, 0.1) is 10.5 Å². The summed E-state index contributed by atoms with van der Waals surface area (Å²) in [6.07, 6.45) is 0. The predicted molar refractivity (Wildman–Crippen MR) is 70.4 cm³/mol. The quantitative estimate of drug-likeness (QED) is 0.682. The lowest BCUT2D eigenvalue weighted by Gasteiger charge is -2.05. The van der Waals surface area contributed by atoms with E-state index in [0.717, 1.165) is 0 Å². The average molecular weight is 280 g/mol. The van der Waals surface area contributed by atoms with Crippen molar-refractivity contribution in [2.75, 3.05) is 5.32 Å². The molecular weight excluding hydrogens is 274 g/mol. The molecule has 2 rings (SSSR count). The Kier molecular flexibility index (Phi) is 3.46. The standard InChI is InChI=1S/C11H6ClN3O2S/c12-8-1-2-9(10(5-8)15(16)17)14-11-7(6-13)3-4-18-11/h1-5,14H. The van der Waals surface area contributed by atoms with Gasteiger partial charge in [0.25, 0.3) is 5.69 Å². The third kappa shape index (κ3) is 2.42. The number of rotatable bonds is 3. The van der Waals surface area contributed by atoms with Crippen molar-refractivity contribution in [2.24, 2.45) is 0 Å². The number of nitro benzene ring substituents is 1. The van der Waals surface area contributed by atoms with Gasteiger partial charge in [-0.15, -0.1) is 11.3 Å². The van der Waals surface area contributed by atoms with E-state index in [1.807, 2.05) is 6.07 Å². The summed E-state index contributed by atoms with van der Waals surface area (Å²) in [5.41, 5.74) is 0.632. The minimum absolute atomic E-state index is 0.125. The van der Waals surface area contributed by atoms with E-state index in [9.17, 15) is 10.1 Å². The molecule has 0 aliphatic rings. The van der Waals surface area contributed by atoms with Gasteiger partial charge in [-0.2, -0.15) is 5.26 Å². The number of benzene rings is 1. The molecule has 2 aromatic rings. The highest BCUT2D eigenvalue weighted by Crippen LogP contribution is 2.33. The average Bonchev–Trinajstić information content (AvgIpc) is 2.78. The van der Waals surface area contributed by atoms with Gasteiger partial charge in [0, 0.05) is 11.1 Å². The molecule has 0 spiro atoms. The highest BCUT2D eigenvalue weighted by molar-refractivity contribution is 7.14. The number of hydrogen-bond acceptors (Lipinski definition) is 5. The van der Waals surface area contributed by atoms with E-state index in [4.69, 9.17) is 16.9 Å². The van der Waals surface area contributed by atoms with Crippen LogP contribution in [0.3, 0.4) is 0 Å². The second kappa shape index (κ2) is 5.04. The molecule has 90 valence electrons. The van der Waals surface area contributed by atoms with Crippen LogP contribution in [0.25, 0.3) is 0 Å². The molecule has 0 fully saturated rings. The van der Waals surface area contributed by atoms with Gasteiger partial charge in [-0.25, -0.2) is 0 Å². The highest BCUT2D eigenvalue weighted by Gasteiger charge is 2.15. The van der Waals surface area contributed by atoms with Gasteiger partial charge in [0.1, 0.15) is 16.8 Å². The van der Waals surface area contributed by atoms with E-state index in [1.165, 1.54) is 23.5 Å². The van der Waals surface area contributed by atoms with Crippen LogP contribution in [0.1, 0.15) is 5.56 Å². The second-order valence-electron chi connectivity index (χ2n) is 3.32. The molecule has 0 amide bonds. The minimum Gasteiger partial charge on any atom is -0.341 e. The number of nitro groups is 1. The SMILES string of the molecule is N#Cc1ccsc1Nc1ccc(Cl)cc1[N+](=O)[O-]. The Labute approximate surface area is 111 Å². The molecule has 0 atom stereocenters. The minimum atomic E-state index is -0.520. The van der Waals surface area contributed by atoms with Gasteiger partial charge < -0.3 is 5.32 Å². The van der Waals surface area contributed by atoms with Crippen molar-refractivity contribution >= 4 is 39.3 Å². The Morgan fingerprint density at radius 3 is 2.89 bits per heavy atom. The zero-order valence-electron chi connectivity index (χ0n) is 8.88. The zero-order valence-corrected chi connectivity index (χ0v) is 10.5. The van der Waals surface area contributed by atoms with Gasteiger partial charge in [0.2, 0.25) is 0 Å². The fourth-order valence-corrected chi connectivity index (χ4v) is 2.29. The van der Waals surface area contributed by atoms with Crippen LogP contribution >= 0.6 is 22.9 Å². The Hall–Kier alpha value is -2.10. The Bertz CT molecular complexity index is 648. The summed E-state index contributed by atoms with van der Waals surface area (Å²) in [5, 5.41) is 25.2. The van der Waals surface area contributed by atoms with Crippen LogP contribution in [0.15, 0.2) is 29.6 Å². The maximum absolute atomic E-state index is 10.9. The summed E-state index contributed by atoms with van der Waals surface area (Å²) in [6.45, 7) is 0. The van der Waals surface area contributed by atoms with Crippen molar-refractivity contribution in [1.29, 1.82) is 5.26 Å². The molecule has 1 N–H and O–H groups in total. The number of anilines is 2. The topological polar surface area (TPSA) is 79.0 Å². The van der Waals surface area contributed by atoms with Crippen LogP contribution in [-0.2, 0) is 0 Å². The monoisotopic (exact) mass is 279 g/mol. The van der Waals surface area contributed by atoms with Gasteiger partial charge in [-0.05, 0) is 23.6 Å². The van der Waals surface area contributed by atoms with E-state index in [2.05, 4.69) is 5.32 Å². The second-order valence-corrected chi connectivity index (χ2v) is 4.67. The highest BCUT2D eigenvalue weighted by atomic mass is 35.5. The van der Waals surface area contributed by atoms with E-state index >= 15 is 0 Å². The van der Waals surface area contributed by atoms with Crippen LogP contribution in [0, 0.1) is 21.4 Å². The van der Waals surface area contributed by atoms with E-state index in [1.54, 1.807) is 17.5 Å². The largest absolute Gasteiger partial charge is 0.341 e. The summed E-state index contributed by atoms with van der Waals surface area (Å²) in [7, 11) is 0. The van der Waals surface area contributed by atoms with Crippen molar-refractivity contribution in [3.63, 3.8) is 0 Å². The molecular formula is C11H6ClN3O2S. The molecule has 5 nitrogen and oxygen atoms in total. The third-order valence-electron chi connectivity index (χ3n) is 2.19. The summed E-state index contributed by atoms with van der Waals surface area (Å²) < 4.78 is 0. The zero-order chi connectivity index (χ0) is 13.1. The van der Waals surface area contributed by atoms with Crippen molar-refractivity contribution in [3.8, 4) is 6.07 Å². The molecule has 1 heterocycles. The van der Waals surface area contributed by atoms with Crippen LogP contribution in [-0.4, -0.2) is 4.92 Å². The molecule has 0 aliphatic heterocycles. The molecule has 0 aliphatic carbocycles. The van der Waals surface area contributed by atoms with Crippen molar-refractivity contribution in [2.45, 2.75) is 0 Å². The van der Waals surface area contributed by atoms with Crippen LogP contribution in [0.2, 0.25) is 5.02 Å². The Morgan fingerprint density at radius 2 is 2.22 bits per heavy atom. The molecule has 1 aromatic heterocycles. The molecule has 0 radical (unpaired) electrons. The lowest BCUT2D eigenvalue weighted by Crippen LogP contribution is -1.96. The van der Waals surface area contributed by atoms with E-state index < -0.39 is 4.92 Å². The number of nitrogens with one attached hydrogen (secondary N) is 1. The maximum Gasteiger partial charge on any atom is 0.294 e. The first-order valence-corrected chi connectivity index (χ1v) is 6.06. The first-order valence-electron chi connectivity index (χ1n) is 4.80. The van der Waals surface area contributed by atoms with Gasteiger partial charge in [0.15, 0.2) is 0 Å². The first kappa shape index (κ1) is 12.4. The predicted octanol–water partition coefficient (Wildman–Crippen LogP) is 3.92.